The first-order valence-electron chi connectivity index (χ1n) is 9.36. The van der Waals surface area contributed by atoms with Crippen LogP contribution in [0.1, 0.15) is 0 Å². The van der Waals surface area contributed by atoms with Crippen LogP contribution in [0.4, 0.5) is 37.7 Å². The van der Waals surface area contributed by atoms with Crippen molar-refractivity contribution in [2.45, 2.75) is 12.7 Å². The van der Waals surface area contributed by atoms with Gasteiger partial charge < -0.3 is 20.1 Å². The van der Waals surface area contributed by atoms with Gasteiger partial charge in [-0.15, -0.1) is 26.3 Å². The molecule has 2 amide bonds. The number of thioether (sulfide) groups is 2. The van der Waals surface area contributed by atoms with Gasteiger partial charge in [-0.2, -0.15) is 23.5 Å². The molecule has 2 aromatic carbocycles. The lowest BCUT2D eigenvalue weighted by Crippen LogP contribution is -2.17. The van der Waals surface area contributed by atoms with Crippen LogP contribution in [0.2, 0.25) is 0 Å². The van der Waals surface area contributed by atoms with Gasteiger partial charge in [0.25, 0.3) is 0 Å². The highest BCUT2D eigenvalue weighted by Crippen LogP contribution is 2.25. The van der Waals surface area contributed by atoms with E-state index in [1.807, 2.05) is 0 Å². The number of nitrogens with one attached hydrogen (secondary N) is 2. The van der Waals surface area contributed by atoms with Crippen LogP contribution in [0.5, 0.6) is 11.5 Å². The summed E-state index contributed by atoms with van der Waals surface area (Å²) in [6.45, 7) is 0. The van der Waals surface area contributed by atoms with Crippen LogP contribution < -0.4 is 20.1 Å². The minimum atomic E-state index is -4.79. The summed E-state index contributed by atoms with van der Waals surface area (Å²) < 4.78 is 80.2. The maximum atomic E-state index is 12.1. The third kappa shape index (κ3) is 11.9. The Morgan fingerprint density at radius 2 is 0.971 bits per heavy atom. The molecule has 0 unspecified atom stereocenters. The third-order valence-corrected chi connectivity index (χ3v) is 5.76. The molecule has 0 atom stereocenters. The lowest BCUT2D eigenvalue weighted by atomic mass is 10.3. The molecular weight excluding hydrogens is 510 g/mol. The maximum absolute atomic E-state index is 12.1. The van der Waals surface area contributed by atoms with Crippen molar-refractivity contribution in [1.82, 2.24) is 0 Å². The second-order valence-corrected chi connectivity index (χ2v) is 8.56. The van der Waals surface area contributed by atoms with Crippen molar-refractivity contribution in [3.63, 3.8) is 0 Å². The fourth-order valence-electron chi connectivity index (χ4n) is 2.32. The molecule has 0 aliphatic carbocycles. The summed E-state index contributed by atoms with van der Waals surface area (Å²) in [5, 5.41) is 5.09. The SMILES string of the molecule is O=C(CSCCSCC(=O)Nc1ccc(OC(F)(F)F)cc1)Nc1ccc(OC(F)(F)F)cc1. The largest absolute Gasteiger partial charge is 0.573 e. The number of rotatable bonds is 11. The number of ether oxygens (including phenoxy) is 2. The highest BCUT2D eigenvalue weighted by atomic mass is 32.2. The van der Waals surface area contributed by atoms with Gasteiger partial charge >= 0.3 is 12.7 Å². The van der Waals surface area contributed by atoms with E-state index in [9.17, 15) is 35.9 Å². The van der Waals surface area contributed by atoms with Gasteiger partial charge in [0.1, 0.15) is 11.5 Å². The van der Waals surface area contributed by atoms with Crippen molar-refractivity contribution in [3.8, 4) is 11.5 Å². The highest BCUT2D eigenvalue weighted by Gasteiger charge is 2.31. The minimum Gasteiger partial charge on any atom is -0.406 e. The highest BCUT2D eigenvalue weighted by molar-refractivity contribution is 8.03. The number of hydrogen-bond donors (Lipinski definition) is 2. The summed E-state index contributed by atoms with van der Waals surface area (Å²) in [5.41, 5.74) is 0.647. The van der Waals surface area contributed by atoms with Crippen molar-refractivity contribution in [3.05, 3.63) is 48.5 Å². The topological polar surface area (TPSA) is 76.7 Å². The molecule has 0 heterocycles. The van der Waals surface area contributed by atoms with E-state index in [1.54, 1.807) is 0 Å². The summed E-state index contributed by atoms with van der Waals surface area (Å²) in [7, 11) is 0. The van der Waals surface area contributed by atoms with Crippen LogP contribution in [0.15, 0.2) is 48.5 Å². The van der Waals surface area contributed by atoms with Crippen LogP contribution >= 0.6 is 23.5 Å². The van der Waals surface area contributed by atoms with E-state index in [1.165, 1.54) is 47.8 Å². The van der Waals surface area contributed by atoms with Crippen LogP contribution in [-0.4, -0.2) is 47.6 Å². The monoisotopic (exact) mass is 528 g/mol. The molecule has 0 aliphatic heterocycles. The Hall–Kier alpha value is -2.74. The molecular formula is C20H18F6N2O4S2. The van der Waals surface area contributed by atoms with Gasteiger partial charge in [0, 0.05) is 22.9 Å². The number of carbonyl (C=O) groups excluding carboxylic acids is 2. The van der Waals surface area contributed by atoms with E-state index in [4.69, 9.17) is 0 Å². The molecule has 2 rings (SSSR count). The Balaban J connectivity index is 1.58. The normalized spacial score (nSPS) is 11.6. The molecule has 0 radical (unpaired) electrons. The summed E-state index contributed by atoms with van der Waals surface area (Å²) in [6.07, 6.45) is -9.58. The van der Waals surface area contributed by atoms with Crippen LogP contribution in [-0.2, 0) is 9.59 Å². The van der Waals surface area contributed by atoms with E-state index in [0.29, 0.717) is 22.9 Å². The van der Waals surface area contributed by atoms with Crippen molar-refractivity contribution < 1.29 is 45.4 Å². The number of carbonyl (C=O) groups is 2. The molecule has 34 heavy (non-hydrogen) atoms. The van der Waals surface area contributed by atoms with Crippen molar-refractivity contribution in [2.75, 3.05) is 33.6 Å². The van der Waals surface area contributed by atoms with Gasteiger partial charge in [-0.05, 0) is 48.5 Å². The zero-order valence-corrected chi connectivity index (χ0v) is 18.8. The van der Waals surface area contributed by atoms with Gasteiger partial charge in [-0.3, -0.25) is 9.59 Å². The first-order valence-corrected chi connectivity index (χ1v) is 11.7. The van der Waals surface area contributed by atoms with Crippen LogP contribution in [0.3, 0.4) is 0 Å². The van der Waals surface area contributed by atoms with Gasteiger partial charge in [0.2, 0.25) is 11.8 Å². The molecule has 0 saturated heterocycles. The first kappa shape index (κ1) is 27.5. The Labute approximate surface area is 198 Å². The predicted molar refractivity (Wildman–Crippen MR) is 118 cm³/mol. The number of halogens is 6. The van der Waals surface area contributed by atoms with Crippen molar-refractivity contribution in [2.24, 2.45) is 0 Å². The second-order valence-electron chi connectivity index (χ2n) is 6.35. The summed E-state index contributed by atoms with van der Waals surface area (Å²) in [5.74, 6) is -0.118. The lowest BCUT2D eigenvalue weighted by molar-refractivity contribution is -0.275. The quantitative estimate of drug-likeness (QED) is 0.295. The predicted octanol–water partition coefficient (Wildman–Crippen LogP) is 5.53. The fraction of sp³-hybridized carbons (Fsp3) is 0.300. The molecule has 0 aliphatic rings. The van der Waals surface area contributed by atoms with E-state index in [2.05, 4.69) is 20.1 Å². The Kier molecular flexibility index (Phi) is 10.2. The van der Waals surface area contributed by atoms with Gasteiger partial charge in [-0.25, -0.2) is 0 Å². The molecule has 6 nitrogen and oxygen atoms in total. The number of anilines is 2. The molecule has 14 heteroatoms. The van der Waals surface area contributed by atoms with Gasteiger partial charge in [0.05, 0.1) is 11.5 Å². The van der Waals surface area contributed by atoms with E-state index < -0.39 is 24.2 Å². The maximum Gasteiger partial charge on any atom is 0.573 e. The summed E-state index contributed by atoms with van der Waals surface area (Å²) in [4.78, 5) is 23.8. The Bertz CT molecular complexity index is 861. The molecule has 0 saturated carbocycles. The van der Waals surface area contributed by atoms with Gasteiger partial charge in [0.15, 0.2) is 0 Å². The lowest BCUT2D eigenvalue weighted by Gasteiger charge is -2.10. The first-order chi connectivity index (χ1) is 15.9. The number of benzene rings is 2. The molecule has 186 valence electrons. The minimum absolute atomic E-state index is 0.111. The summed E-state index contributed by atoms with van der Waals surface area (Å²) >= 11 is 2.62. The Morgan fingerprint density at radius 1 is 0.647 bits per heavy atom. The van der Waals surface area contributed by atoms with E-state index in [0.717, 1.165) is 24.3 Å². The zero-order chi connectivity index (χ0) is 25.2. The van der Waals surface area contributed by atoms with Crippen molar-refractivity contribution in [1.29, 1.82) is 0 Å². The molecule has 2 N–H and O–H groups in total. The standard InChI is InChI=1S/C20H18F6N2O4S2/c21-19(22,23)31-15-5-1-13(2-6-15)27-17(29)11-33-9-10-34-12-18(30)28-14-3-7-16(8-4-14)32-20(24,25)26/h1-8H,9-12H2,(H,27,29)(H,28,30). The van der Waals surface area contributed by atoms with Crippen LogP contribution in [0.25, 0.3) is 0 Å². The molecule has 0 bridgehead atoms. The van der Waals surface area contributed by atoms with Crippen LogP contribution in [0, 0.1) is 0 Å². The number of hydrogen-bond acceptors (Lipinski definition) is 6. The molecule has 0 spiro atoms. The van der Waals surface area contributed by atoms with Gasteiger partial charge in [-0.1, -0.05) is 0 Å². The number of alkyl halides is 6. The summed E-state index contributed by atoms with van der Waals surface area (Å²) in [6, 6.07) is 9.49. The molecule has 0 fully saturated rings. The molecule has 0 aromatic heterocycles. The van der Waals surface area contributed by atoms with E-state index in [-0.39, 0.29) is 23.3 Å². The zero-order valence-electron chi connectivity index (χ0n) is 17.2. The average molecular weight is 528 g/mol. The van der Waals surface area contributed by atoms with Crippen molar-refractivity contribution >= 4 is 46.7 Å². The molecule has 2 aromatic rings. The smallest absolute Gasteiger partial charge is 0.406 e. The number of amides is 2. The van der Waals surface area contributed by atoms with E-state index >= 15 is 0 Å². The third-order valence-electron chi connectivity index (χ3n) is 3.58. The Morgan fingerprint density at radius 3 is 1.26 bits per heavy atom. The second kappa shape index (κ2) is 12.6. The fourth-order valence-corrected chi connectivity index (χ4v) is 4.07. The average Bonchev–Trinajstić information content (AvgIpc) is 2.71.